The zero-order valence-corrected chi connectivity index (χ0v) is 12.0. The van der Waals surface area contributed by atoms with Crippen LogP contribution >= 0.6 is 22.9 Å². The molecule has 1 aliphatic rings. The maximum atomic E-state index is 12.0. The van der Waals surface area contributed by atoms with Gasteiger partial charge in [-0.1, -0.05) is 24.4 Å². The number of carbonyl (C=O) groups excluding carboxylic acids is 1. The summed E-state index contributed by atoms with van der Waals surface area (Å²) < 4.78 is 0. The lowest BCUT2D eigenvalue weighted by Gasteiger charge is -2.27. The van der Waals surface area contributed by atoms with E-state index >= 15 is 0 Å². The lowest BCUT2D eigenvalue weighted by atomic mass is 9.86. The number of nitrogens with one attached hydrogen (secondary N) is 1. The highest BCUT2D eigenvalue weighted by Crippen LogP contribution is 2.27. The summed E-state index contributed by atoms with van der Waals surface area (Å²) in [6.45, 7) is 2.42. The van der Waals surface area contributed by atoms with Crippen molar-refractivity contribution in [2.24, 2.45) is 5.92 Å². The van der Waals surface area contributed by atoms with Crippen molar-refractivity contribution in [3.8, 4) is 0 Å². The van der Waals surface area contributed by atoms with E-state index < -0.39 is 0 Å². The van der Waals surface area contributed by atoms with Crippen molar-refractivity contribution in [1.29, 1.82) is 0 Å². The van der Waals surface area contributed by atoms with Crippen LogP contribution in [0.25, 0.3) is 0 Å². The Morgan fingerprint density at radius 2 is 2.28 bits per heavy atom. The van der Waals surface area contributed by atoms with Crippen LogP contribution in [-0.4, -0.2) is 23.7 Å². The van der Waals surface area contributed by atoms with E-state index in [4.69, 9.17) is 11.6 Å². The fraction of sp³-hybridized carbons (Fsp3) is 0.615. The van der Waals surface area contributed by atoms with E-state index in [9.17, 15) is 9.90 Å². The Morgan fingerprint density at radius 3 is 2.89 bits per heavy atom. The van der Waals surface area contributed by atoms with Crippen LogP contribution in [0.4, 0.5) is 0 Å². The van der Waals surface area contributed by atoms with Gasteiger partial charge in [-0.2, -0.15) is 0 Å². The third-order valence-corrected chi connectivity index (χ3v) is 5.19. The molecule has 2 atom stereocenters. The van der Waals surface area contributed by atoms with Crippen molar-refractivity contribution >= 4 is 28.8 Å². The number of halogens is 1. The van der Waals surface area contributed by atoms with Gasteiger partial charge in [0.25, 0.3) is 5.91 Å². The minimum atomic E-state index is -0.278. The van der Waals surface area contributed by atoms with Crippen LogP contribution in [0, 0.1) is 12.8 Å². The molecule has 5 heteroatoms. The van der Waals surface area contributed by atoms with Gasteiger partial charge in [0.15, 0.2) is 0 Å². The van der Waals surface area contributed by atoms with E-state index in [1.165, 1.54) is 11.3 Å². The Labute approximate surface area is 116 Å². The summed E-state index contributed by atoms with van der Waals surface area (Å²) in [7, 11) is 0. The van der Waals surface area contributed by atoms with Crippen molar-refractivity contribution in [1.82, 2.24) is 5.32 Å². The fourth-order valence-electron chi connectivity index (χ4n) is 2.31. The van der Waals surface area contributed by atoms with Crippen LogP contribution < -0.4 is 5.32 Å². The van der Waals surface area contributed by atoms with E-state index in [-0.39, 0.29) is 17.9 Å². The van der Waals surface area contributed by atoms with Gasteiger partial charge < -0.3 is 10.4 Å². The summed E-state index contributed by atoms with van der Waals surface area (Å²) in [5.74, 6) is 0.0541. The van der Waals surface area contributed by atoms with Gasteiger partial charge in [-0.25, -0.2) is 0 Å². The molecule has 0 radical (unpaired) electrons. The smallest absolute Gasteiger partial charge is 0.262 e. The molecule has 100 valence electrons. The summed E-state index contributed by atoms with van der Waals surface area (Å²) in [6, 6.07) is 0. The highest BCUT2D eigenvalue weighted by atomic mass is 35.5. The predicted octanol–water partition coefficient (Wildman–Crippen LogP) is 2.99. The lowest BCUT2D eigenvalue weighted by Crippen LogP contribution is -2.36. The number of aryl methyl sites for hydroxylation is 1. The first-order valence-electron chi connectivity index (χ1n) is 6.29. The van der Waals surface area contributed by atoms with Gasteiger partial charge in [0.05, 0.1) is 11.1 Å². The molecule has 18 heavy (non-hydrogen) atoms. The van der Waals surface area contributed by atoms with Gasteiger partial charge >= 0.3 is 0 Å². The normalized spacial score (nSPS) is 23.9. The first-order valence-corrected chi connectivity index (χ1v) is 7.55. The molecule has 0 saturated heterocycles. The third kappa shape index (κ3) is 3.05. The molecule has 1 amide bonds. The van der Waals surface area contributed by atoms with Crippen LogP contribution in [-0.2, 0) is 0 Å². The van der Waals surface area contributed by atoms with Gasteiger partial charge in [-0.15, -0.1) is 11.3 Å². The number of hydrogen-bond acceptors (Lipinski definition) is 3. The minimum absolute atomic E-state index is 0.129. The fourth-order valence-corrected chi connectivity index (χ4v) is 3.51. The number of rotatable bonds is 3. The number of amides is 1. The molecule has 3 nitrogen and oxygen atoms in total. The molecule has 0 aliphatic heterocycles. The zero-order valence-electron chi connectivity index (χ0n) is 10.4. The Hall–Kier alpha value is -0.580. The SMILES string of the molecule is Cc1csc(C(=O)NCC2CCCCC2O)c1Cl. The number of thiophene rings is 1. The summed E-state index contributed by atoms with van der Waals surface area (Å²) in [5, 5.41) is 15.1. The van der Waals surface area contributed by atoms with Crippen molar-refractivity contribution in [3.63, 3.8) is 0 Å². The molecule has 1 saturated carbocycles. The molecule has 0 bridgehead atoms. The molecule has 1 aliphatic carbocycles. The maximum Gasteiger partial charge on any atom is 0.262 e. The van der Waals surface area contributed by atoms with Crippen molar-refractivity contribution in [2.75, 3.05) is 6.54 Å². The van der Waals surface area contributed by atoms with Gasteiger partial charge in [0.1, 0.15) is 4.88 Å². The standard InChI is InChI=1S/C13H18ClNO2S/c1-8-7-18-12(11(8)14)13(17)15-6-9-4-2-3-5-10(9)16/h7,9-10,16H,2-6H2,1H3,(H,15,17). The molecule has 1 aromatic rings. The average molecular weight is 288 g/mol. The highest BCUT2D eigenvalue weighted by molar-refractivity contribution is 7.13. The number of aliphatic hydroxyl groups excluding tert-OH is 1. The van der Waals surface area contributed by atoms with E-state index in [1.807, 2.05) is 12.3 Å². The van der Waals surface area contributed by atoms with Crippen LogP contribution in [0.3, 0.4) is 0 Å². The first kappa shape index (κ1) is 13.8. The summed E-state index contributed by atoms with van der Waals surface area (Å²) in [6.07, 6.45) is 3.77. The second kappa shape index (κ2) is 6.04. The highest BCUT2D eigenvalue weighted by Gasteiger charge is 2.24. The minimum Gasteiger partial charge on any atom is -0.393 e. The van der Waals surface area contributed by atoms with Crippen LogP contribution in [0.15, 0.2) is 5.38 Å². The van der Waals surface area contributed by atoms with Gasteiger partial charge in [0.2, 0.25) is 0 Å². The van der Waals surface area contributed by atoms with Crippen molar-refractivity contribution < 1.29 is 9.90 Å². The molecular formula is C13H18ClNO2S. The molecular weight excluding hydrogens is 270 g/mol. The lowest BCUT2D eigenvalue weighted by molar-refractivity contribution is 0.0664. The van der Waals surface area contributed by atoms with Crippen molar-refractivity contribution in [3.05, 3.63) is 20.8 Å². The molecule has 1 aromatic heterocycles. The van der Waals surface area contributed by atoms with Crippen molar-refractivity contribution in [2.45, 2.75) is 38.7 Å². The molecule has 1 fully saturated rings. The zero-order chi connectivity index (χ0) is 13.1. The topological polar surface area (TPSA) is 49.3 Å². The second-order valence-electron chi connectivity index (χ2n) is 4.88. The Morgan fingerprint density at radius 1 is 1.56 bits per heavy atom. The predicted molar refractivity (Wildman–Crippen MR) is 74.4 cm³/mol. The average Bonchev–Trinajstić information content (AvgIpc) is 2.69. The summed E-state index contributed by atoms with van der Waals surface area (Å²) in [4.78, 5) is 12.5. The molecule has 1 heterocycles. The first-order chi connectivity index (χ1) is 8.59. The van der Waals surface area contributed by atoms with E-state index in [2.05, 4.69) is 5.32 Å². The Kier molecular flexibility index (Phi) is 4.65. The van der Waals surface area contributed by atoms with Crippen LogP contribution in [0.5, 0.6) is 0 Å². The van der Waals surface area contributed by atoms with E-state index in [0.717, 1.165) is 31.2 Å². The number of aliphatic hydroxyl groups is 1. The Balaban J connectivity index is 1.90. The monoisotopic (exact) mass is 287 g/mol. The van der Waals surface area contributed by atoms with Gasteiger partial charge in [0, 0.05) is 12.5 Å². The number of carbonyl (C=O) groups is 1. The molecule has 0 spiro atoms. The molecule has 0 aromatic carbocycles. The van der Waals surface area contributed by atoms with E-state index in [0.29, 0.717) is 16.4 Å². The largest absolute Gasteiger partial charge is 0.393 e. The summed E-state index contributed by atoms with van der Waals surface area (Å²) in [5.41, 5.74) is 0.935. The molecule has 2 unspecified atom stereocenters. The van der Waals surface area contributed by atoms with E-state index in [1.54, 1.807) is 0 Å². The molecule has 2 N–H and O–H groups in total. The quantitative estimate of drug-likeness (QED) is 0.898. The third-order valence-electron chi connectivity index (χ3n) is 3.50. The second-order valence-corrected chi connectivity index (χ2v) is 6.14. The number of hydrogen-bond donors (Lipinski definition) is 2. The van der Waals surface area contributed by atoms with Crippen LogP contribution in [0.1, 0.15) is 40.9 Å². The summed E-state index contributed by atoms with van der Waals surface area (Å²) >= 11 is 7.42. The molecule has 2 rings (SSSR count). The Bertz CT molecular complexity index is 433. The van der Waals surface area contributed by atoms with Gasteiger partial charge in [-0.3, -0.25) is 4.79 Å². The van der Waals surface area contributed by atoms with Gasteiger partial charge in [-0.05, 0) is 30.7 Å². The maximum absolute atomic E-state index is 12.0. The van der Waals surface area contributed by atoms with Crippen LogP contribution in [0.2, 0.25) is 5.02 Å².